The second kappa shape index (κ2) is 6.91. The summed E-state index contributed by atoms with van der Waals surface area (Å²) in [6, 6.07) is 7.20. The molecule has 1 aliphatic rings. The minimum atomic E-state index is -0.223. The van der Waals surface area contributed by atoms with Gasteiger partial charge in [0.15, 0.2) is 5.82 Å². The molecule has 2 aromatic rings. The van der Waals surface area contributed by atoms with Gasteiger partial charge in [0.2, 0.25) is 5.91 Å². The Balaban J connectivity index is 1.70. The highest BCUT2D eigenvalue weighted by Crippen LogP contribution is 2.23. The molecule has 0 radical (unpaired) electrons. The third-order valence-corrected chi connectivity index (χ3v) is 3.30. The molecule has 3 rings (SSSR count). The van der Waals surface area contributed by atoms with Crippen molar-refractivity contribution in [2.75, 3.05) is 36.5 Å². The van der Waals surface area contributed by atoms with Crippen molar-refractivity contribution in [1.82, 2.24) is 4.98 Å². The molecule has 0 unspecified atom stereocenters. The second-order valence-electron chi connectivity index (χ2n) is 4.81. The summed E-state index contributed by atoms with van der Waals surface area (Å²) in [5, 5.41) is 2.86. The number of morpholine rings is 1. The van der Waals surface area contributed by atoms with Gasteiger partial charge in [-0.25, -0.2) is 4.98 Å². The van der Waals surface area contributed by atoms with Gasteiger partial charge in [-0.2, -0.15) is 0 Å². The number of nitrogens with one attached hydrogen (secondary N) is 1. The van der Waals surface area contributed by atoms with Crippen LogP contribution in [0.3, 0.4) is 0 Å². The summed E-state index contributed by atoms with van der Waals surface area (Å²) in [6.07, 6.45) is 6.35. The summed E-state index contributed by atoms with van der Waals surface area (Å²) in [7, 11) is 0. The third-order valence-electron chi connectivity index (χ3n) is 3.30. The first-order chi connectivity index (χ1) is 10.8. The summed E-state index contributed by atoms with van der Waals surface area (Å²) >= 11 is 0. The van der Waals surface area contributed by atoms with Crippen LogP contribution in [0, 0.1) is 0 Å². The molecule has 2 aromatic heterocycles. The lowest BCUT2D eigenvalue weighted by Gasteiger charge is -2.29. The van der Waals surface area contributed by atoms with Crippen molar-refractivity contribution < 1.29 is 13.9 Å². The van der Waals surface area contributed by atoms with E-state index in [1.807, 2.05) is 6.07 Å². The van der Waals surface area contributed by atoms with Crippen LogP contribution in [0.25, 0.3) is 6.08 Å². The molecule has 114 valence electrons. The zero-order valence-electron chi connectivity index (χ0n) is 12.1. The number of carbonyl (C=O) groups excluding carboxylic acids is 1. The first kappa shape index (κ1) is 14.3. The van der Waals surface area contributed by atoms with Crippen molar-refractivity contribution in [2.24, 2.45) is 0 Å². The lowest BCUT2D eigenvalue weighted by molar-refractivity contribution is -0.111. The smallest absolute Gasteiger partial charge is 0.248 e. The highest BCUT2D eigenvalue weighted by molar-refractivity contribution is 6.03. The van der Waals surface area contributed by atoms with E-state index in [1.165, 1.54) is 6.08 Å². The van der Waals surface area contributed by atoms with E-state index < -0.39 is 0 Å². The number of hydrogen-bond acceptors (Lipinski definition) is 5. The fraction of sp³-hybridized carbons (Fsp3) is 0.250. The topological polar surface area (TPSA) is 67.6 Å². The summed E-state index contributed by atoms with van der Waals surface area (Å²) in [4.78, 5) is 18.5. The van der Waals surface area contributed by atoms with E-state index in [2.05, 4.69) is 15.2 Å². The number of rotatable bonds is 4. The predicted octanol–water partition coefficient (Wildman–Crippen LogP) is 2.16. The zero-order valence-corrected chi connectivity index (χ0v) is 12.1. The Labute approximate surface area is 128 Å². The summed E-state index contributed by atoms with van der Waals surface area (Å²) in [5.74, 6) is 1.18. The Morgan fingerprint density at radius 2 is 2.14 bits per heavy atom. The Hall–Kier alpha value is -2.60. The van der Waals surface area contributed by atoms with Crippen LogP contribution in [0.15, 0.2) is 47.2 Å². The van der Waals surface area contributed by atoms with Crippen LogP contribution in [0.1, 0.15) is 5.76 Å². The van der Waals surface area contributed by atoms with Gasteiger partial charge in [-0.05, 0) is 30.3 Å². The normalized spacial score (nSPS) is 15.2. The Morgan fingerprint density at radius 3 is 2.91 bits per heavy atom. The van der Waals surface area contributed by atoms with Crippen molar-refractivity contribution >= 4 is 23.5 Å². The molecule has 1 saturated heterocycles. The average Bonchev–Trinajstić information content (AvgIpc) is 3.08. The van der Waals surface area contributed by atoms with Gasteiger partial charge in [-0.15, -0.1) is 0 Å². The number of ether oxygens (including phenoxy) is 1. The van der Waals surface area contributed by atoms with Crippen LogP contribution >= 0.6 is 0 Å². The van der Waals surface area contributed by atoms with Crippen molar-refractivity contribution in [1.29, 1.82) is 0 Å². The Morgan fingerprint density at radius 1 is 1.27 bits per heavy atom. The molecular weight excluding hydrogens is 282 g/mol. The number of carbonyl (C=O) groups is 1. The maximum absolute atomic E-state index is 12.0. The molecule has 1 fully saturated rings. The second-order valence-corrected chi connectivity index (χ2v) is 4.81. The van der Waals surface area contributed by atoms with Gasteiger partial charge in [-0.3, -0.25) is 4.79 Å². The molecule has 0 spiro atoms. The van der Waals surface area contributed by atoms with Crippen LogP contribution in [-0.4, -0.2) is 37.2 Å². The molecule has 3 heterocycles. The van der Waals surface area contributed by atoms with Crippen molar-refractivity contribution in [3.05, 3.63) is 48.6 Å². The number of pyridine rings is 1. The van der Waals surface area contributed by atoms with E-state index in [1.54, 1.807) is 36.7 Å². The van der Waals surface area contributed by atoms with Crippen molar-refractivity contribution in [3.8, 4) is 0 Å². The van der Waals surface area contributed by atoms with Gasteiger partial charge in [0.25, 0.3) is 0 Å². The zero-order chi connectivity index (χ0) is 15.2. The highest BCUT2D eigenvalue weighted by Gasteiger charge is 2.16. The molecule has 1 N–H and O–H groups in total. The fourth-order valence-electron chi connectivity index (χ4n) is 2.24. The summed E-state index contributed by atoms with van der Waals surface area (Å²) in [6.45, 7) is 2.87. The number of furan rings is 1. The molecule has 0 aliphatic carbocycles. The molecule has 0 saturated carbocycles. The number of aromatic nitrogens is 1. The van der Waals surface area contributed by atoms with Gasteiger partial charge in [0, 0.05) is 25.4 Å². The van der Waals surface area contributed by atoms with Crippen LogP contribution in [0.2, 0.25) is 0 Å². The molecule has 6 nitrogen and oxygen atoms in total. The maximum atomic E-state index is 12.0. The minimum Gasteiger partial charge on any atom is -0.465 e. The largest absolute Gasteiger partial charge is 0.465 e. The number of anilines is 2. The van der Waals surface area contributed by atoms with Gasteiger partial charge < -0.3 is 19.4 Å². The highest BCUT2D eigenvalue weighted by atomic mass is 16.5. The molecular formula is C16H17N3O3. The van der Waals surface area contributed by atoms with Crippen molar-refractivity contribution in [3.63, 3.8) is 0 Å². The van der Waals surface area contributed by atoms with Crippen LogP contribution in [-0.2, 0) is 9.53 Å². The van der Waals surface area contributed by atoms with E-state index in [4.69, 9.17) is 9.15 Å². The van der Waals surface area contributed by atoms with Crippen LogP contribution in [0.5, 0.6) is 0 Å². The van der Waals surface area contributed by atoms with Crippen LogP contribution < -0.4 is 10.2 Å². The Bertz CT molecular complexity index is 646. The lowest BCUT2D eigenvalue weighted by atomic mass is 10.3. The molecule has 0 atom stereocenters. The van der Waals surface area contributed by atoms with E-state index in [0.29, 0.717) is 24.7 Å². The van der Waals surface area contributed by atoms with Crippen molar-refractivity contribution in [2.45, 2.75) is 0 Å². The number of hydrogen-bond donors (Lipinski definition) is 1. The number of nitrogens with zero attached hydrogens (tertiary/aromatic N) is 2. The molecule has 1 aliphatic heterocycles. The molecule has 1 amide bonds. The summed E-state index contributed by atoms with van der Waals surface area (Å²) in [5.41, 5.74) is 0.693. The van der Waals surface area contributed by atoms with Gasteiger partial charge in [0.1, 0.15) is 5.76 Å². The van der Waals surface area contributed by atoms with E-state index in [0.717, 1.165) is 18.9 Å². The number of amides is 1. The molecule has 0 bridgehead atoms. The monoisotopic (exact) mass is 299 g/mol. The average molecular weight is 299 g/mol. The SMILES string of the molecule is O=C(/C=C/c1ccco1)Nc1cccnc1N1CCOCC1. The van der Waals surface area contributed by atoms with E-state index >= 15 is 0 Å². The molecule has 0 aromatic carbocycles. The molecule has 22 heavy (non-hydrogen) atoms. The lowest BCUT2D eigenvalue weighted by Crippen LogP contribution is -2.37. The fourth-order valence-corrected chi connectivity index (χ4v) is 2.24. The van der Waals surface area contributed by atoms with E-state index in [9.17, 15) is 4.79 Å². The Kier molecular flexibility index (Phi) is 4.50. The van der Waals surface area contributed by atoms with Gasteiger partial charge >= 0.3 is 0 Å². The quantitative estimate of drug-likeness (QED) is 0.876. The third kappa shape index (κ3) is 3.53. The first-order valence-corrected chi connectivity index (χ1v) is 7.13. The predicted molar refractivity (Wildman–Crippen MR) is 83.6 cm³/mol. The van der Waals surface area contributed by atoms with Gasteiger partial charge in [-0.1, -0.05) is 0 Å². The standard InChI is InChI=1S/C16H17N3O3/c20-15(6-5-13-3-2-10-22-13)18-14-4-1-7-17-16(14)19-8-11-21-12-9-19/h1-7,10H,8-9,11-12H2,(H,18,20)/b6-5+. The van der Waals surface area contributed by atoms with Crippen LogP contribution in [0.4, 0.5) is 11.5 Å². The first-order valence-electron chi connectivity index (χ1n) is 7.13. The molecule has 6 heteroatoms. The maximum Gasteiger partial charge on any atom is 0.248 e. The van der Waals surface area contributed by atoms with E-state index in [-0.39, 0.29) is 5.91 Å². The summed E-state index contributed by atoms with van der Waals surface area (Å²) < 4.78 is 10.5. The minimum absolute atomic E-state index is 0.223. The van der Waals surface area contributed by atoms with Gasteiger partial charge in [0.05, 0.1) is 25.2 Å².